The minimum atomic E-state index is -0.353. The van der Waals surface area contributed by atoms with Crippen LogP contribution in [-0.2, 0) is 4.74 Å². The maximum absolute atomic E-state index is 5.64. The van der Waals surface area contributed by atoms with Crippen LogP contribution >= 0.6 is 0 Å². The van der Waals surface area contributed by atoms with E-state index in [1.807, 2.05) is 72.3 Å². The van der Waals surface area contributed by atoms with Crippen LogP contribution in [0.1, 0.15) is 34.6 Å². The molecular weight excluding hydrogens is 406 g/mol. The molecule has 2 aromatic heterocycles. The van der Waals surface area contributed by atoms with E-state index >= 15 is 0 Å². The van der Waals surface area contributed by atoms with Gasteiger partial charge in [0, 0.05) is 13.3 Å². The van der Waals surface area contributed by atoms with Crippen LogP contribution in [0.4, 0.5) is 0 Å². The molecule has 0 saturated heterocycles. The predicted molar refractivity (Wildman–Crippen MR) is 122 cm³/mol. The molecule has 8 heteroatoms. The maximum atomic E-state index is 5.64. The van der Waals surface area contributed by atoms with Crippen molar-refractivity contribution in [3.05, 3.63) is 83.5 Å². The number of aromatic nitrogens is 5. The molecule has 4 aromatic rings. The number of H-pyrrole nitrogens is 1. The number of methoxy groups -OCH3 is 3. The first kappa shape index (κ1) is 21.3. The molecule has 1 atom stereocenters. The zero-order chi connectivity index (χ0) is 22.5. The van der Waals surface area contributed by atoms with Crippen LogP contribution in [0.2, 0.25) is 0 Å². The second-order valence-corrected chi connectivity index (χ2v) is 7.15. The molecule has 8 nitrogen and oxygen atoms in total. The summed E-state index contributed by atoms with van der Waals surface area (Å²) in [6.45, 7) is 1.95. The molecular formula is C24H25N5O3. The van der Waals surface area contributed by atoms with Gasteiger partial charge in [-0.15, -0.1) is 0 Å². The van der Waals surface area contributed by atoms with Gasteiger partial charge in [0.1, 0.15) is 17.6 Å². The summed E-state index contributed by atoms with van der Waals surface area (Å²) < 4.78 is 18.4. The Labute approximate surface area is 186 Å². The van der Waals surface area contributed by atoms with Crippen molar-refractivity contribution in [1.82, 2.24) is 24.7 Å². The first-order chi connectivity index (χ1) is 15.6. The molecule has 164 valence electrons. The molecule has 2 aromatic carbocycles. The molecule has 4 rings (SSSR count). The third-order valence-electron chi connectivity index (χ3n) is 5.04. The Morgan fingerprint density at radius 1 is 1.00 bits per heavy atom. The van der Waals surface area contributed by atoms with Gasteiger partial charge in [-0.1, -0.05) is 24.3 Å². The van der Waals surface area contributed by atoms with E-state index in [1.165, 1.54) is 0 Å². The Kier molecular flexibility index (Phi) is 6.32. The molecule has 0 saturated carbocycles. The Balaban J connectivity index is 1.53. The molecule has 1 unspecified atom stereocenters. The Hall–Kier alpha value is -3.91. The van der Waals surface area contributed by atoms with Gasteiger partial charge in [0.25, 0.3) is 0 Å². The highest BCUT2D eigenvalue weighted by Crippen LogP contribution is 2.26. The molecule has 0 radical (unpaired) electrons. The highest BCUT2D eigenvalue weighted by Gasteiger charge is 2.17. The van der Waals surface area contributed by atoms with Gasteiger partial charge in [0.2, 0.25) is 0 Å². The number of nitrogens with zero attached hydrogens (tertiary/aromatic N) is 4. The van der Waals surface area contributed by atoms with Crippen molar-refractivity contribution >= 4 is 12.2 Å². The van der Waals surface area contributed by atoms with Crippen molar-refractivity contribution in [3.8, 4) is 17.2 Å². The fourth-order valence-electron chi connectivity index (χ4n) is 3.40. The van der Waals surface area contributed by atoms with Crippen LogP contribution in [0.25, 0.3) is 17.8 Å². The van der Waals surface area contributed by atoms with Crippen molar-refractivity contribution in [2.45, 2.75) is 13.0 Å². The number of aryl methyl sites for hydroxylation is 1. The van der Waals surface area contributed by atoms with E-state index in [2.05, 4.69) is 20.2 Å². The van der Waals surface area contributed by atoms with E-state index in [9.17, 15) is 0 Å². The SMILES string of the molecule is COc1ccc(C(OC)c2nc(/C=C/c3ccc(-n4cnc(C)c4)c(OC)c3)n[nH]2)cc1. The number of hydrogen-bond acceptors (Lipinski definition) is 6. The number of nitrogens with one attached hydrogen (secondary N) is 1. The maximum Gasteiger partial charge on any atom is 0.174 e. The van der Waals surface area contributed by atoms with Crippen molar-refractivity contribution in [2.24, 2.45) is 0 Å². The fourth-order valence-corrected chi connectivity index (χ4v) is 3.40. The molecule has 32 heavy (non-hydrogen) atoms. The van der Waals surface area contributed by atoms with Crippen molar-refractivity contribution in [3.63, 3.8) is 0 Å². The van der Waals surface area contributed by atoms with Crippen LogP contribution in [-0.4, -0.2) is 46.1 Å². The van der Waals surface area contributed by atoms with Gasteiger partial charge in [-0.25, -0.2) is 9.97 Å². The van der Waals surface area contributed by atoms with Gasteiger partial charge in [-0.2, -0.15) is 5.10 Å². The van der Waals surface area contributed by atoms with Gasteiger partial charge in [0.05, 0.1) is 31.9 Å². The van der Waals surface area contributed by atoms with Crippen LogP contribution in [0, 0.1) is 6.92 Å². The lowest BCUT2D eigenvalue weighted by molar-refractivity contribution is 0.129. The summed E-state index contributed by atoms with van der Waals surface area (Å²) in [4.78, 5) is 8.85. The molecule has 0 fully saturated rings. The van der Waals surface area contributed by atoms with Gasteiger partial charge in [-0.05, 0) is 48.4 Å². The molecule has 0 aliphatic carbocycles. The van der Waals surface area contributed by atoms with Crippen molar-refractivity contribution in [1.29, 1.82) is 0 Å². The third-order valence-corrected chi connectivity index (χ3v) is 5.04. The molecule has 0 amide bonds. The van der Waals surface area contributed by atoms with E-state index in [1.54, 1.807) is 27.7 Å². The average molecular weight is 431 g/mol. The summed E-state index contributed by atoms with van der Waals surface area (Å²) >= 11 is 0. The average Bonchev–Trinajstić information content (AvgIpc) is 3.47. The fraction of sp³-hybridized carbons (Fsp3) is 0.208. The van der Waals surface area contributed by atoms with E-state index in [-0.39, 0.29) is 6.10 Å². The van der Waals surface area contributed by atoms with E-state index in [0.717, 1.165) is 34.0 Å². The third kappa shape index (κ3) is 4.55. The quantitative estimate of drug-likeness (QED) is 0.449. The van der Waals surface area contributed by atoms with Crippen molar-refractivity contribution in [2.75, 3.05) is 21.3 Å². The van der Waals surface area contributed by atoms with Crippen LogP contribution in [0.3, 0.4) is 0 Å². The van der Waals surface area contributed by atoms with E-state index < -0.39 is 0 Å². The molecule has 0 spiro atoms. The topological polar surface area (TPSA) is 87.1 Å². The smallest absolute Gasteiger partial charge is 0.174 e. The Morgan fingerprint density at radius 3 is 2.47 bits per heavy atom. The largest absolute Gasteiger partial charge is 0.497 e. The number of ether oxygens (including phenoxy) is 3. The first-order valence-corrected chi connectivity index (χ1v) is 10.1. The zero-order valence-corrected chi connectivity index (χ0v) is 18.4. The number of aromatic amines is 1. The van der Waals surface area contributed by atoms with Crippen molar-refractivity contribution < 1.29 is 14.2 Å². The number of benzene rings is 2. The summed E-state index contributed by atoms with van der Waals surface area (Å²) in [5, 5.41) is 7.27. The van der Waals surface area contributed by atoms with Gasteiger partial charge in [-0.3, -0.25) is 5.10 Å². The van der Waals surface area contributed by atoms with Crippen LogP contribution in [0.15, 0.2) is 55.0 Å². The normalized spacial score (nSPS) is 12.2. The minimum absolute atomic E-state index is 0.353. The van der Waals surface area contributed by atoms with Crippen LogP contribution in [0.5, 0.6) is 11.5 Å². The molecule has 2 heterocycles. The lowest BCUT2D eigenvalue weighted by Gasteiger charge is -2.13. The summed E-state index contributed by atoms with van der Waals surface area (Å²) in [5.74, 6) is 2.72. The summed E-state index contributed by atoms with van der Waals surface area (Å²) in [6.07, 6.45) is 7.16. The Morgan fingerprint density at radius 2 is 1.81 bits per heavy atom. The highest BCUT2D eigenvalue weighted by atomic mass is 16.5. The van der Waals surface area contributed by atoms with E-state index in [4.69, 9.17) is 14.2 Å². The molecule has 0 aliphatic rings. The lowest BCUT2D eigenvalue weighted by Crippen LogP contribution is -2.05. The van der Waals surface area contributed by atoms with Gasteiger partial charge in [0.15, 0.2) is 11.6 Å². The number of imidazole rings is 1. The number of hydrogen-bond donors (Lipinski definition) is 1. The number of rotatable bonds is 8. The summed E-state index contributed by atoms with van der Waals surface area (Å²) in [6, 6.07) is 13.6. The second kappa shape index (κ2) is 9.49. The second-order valence-electron chi connectivity index (χ2n) is 7.15. The minimum Gasteiger partial charge on any atom is -0.497 e. The zero-order valence-electron chi connectivity index (χ0n) is 18.4. The highest BCUT2D eigenvalue weighted by molar-refractivity contribution is 5.69. The summed E-state index contributed by atoms with van der Waals surface area (Å²) in [5.41, 5.74) is 3.79. The molecule has 1 N–H and O–H groups in total. The molecule has 0 aliphatic heterocycles. The monoisotopic (exact) mass is 431 g/mol. The summed E-state index contributed by atoms with van der Waals surface area (Å²) in [7, 11) is 4.93. The van der Waals surface area contributed by atoms with E-state index in [0.29, 0.717) is 11.6 Å². The molecule has 0 bridgehead atoms. The lowest BCUT2D eigenvalue weighted by atomic mass is 10.1. The standard InChI is InChI=1S/C24H25N5O3/c1-16-14-29(15-25-16)20-11-5-17(13-21(20)31-3)6-12-22-26-24(28-27-22)23(32-4)18-7-9-19(30-2)10-8-18/h5-15,23H,1-4H3,(H,26,27,28)/b12-6+. The predicted octanol–water partition coefficient (Wildman–Crippen LogP) is 4.22. The van der Waals surface area contributed by atoms with Crippen LogP contribution < -0.4 is 9.47 Å². The Bertz CT molecular complexity index is 1210. The van der Waals surface area contributed by atoms with Gasteiger partial charge < -0.3 is 18.8 Å². The van der Waals surface area contributed by atoms with Gasteiger partial charge >= 0.3 is 0 Å². The first-order valence-electron chi connectivity index (χ1n) is 10.1.